The molecule has 1 aromatic heterocycles. The molecular weight excluding hydrogens is 256 g/mol. The quantitative estimate of drug-likeness (QED) is 0.903. The molecule has 1 amide bonds. The molecule has 0 aliphatic heterocycles. The third-order valence-electron chi connectivity index (χ3n) is 2.80. The first-order valence-corrected chi connectivity index (χ1v) is 6.41. The van der Waals surface area contributed by atoms with E-state index in [2.05, 4.69) is 15.5 Å². The van der Waals surface area contributed by atoms with Crippen LogP contribution in [0, 0.1) is 6.92 Å². The van der Waals surface area contributed by atoms with Crippen molar-refractivity contribution in [2.75, 3.05) is 24.3 Å². The van der Waals surface area contributed by atoms with Crippen molar-refractivity contribution in [1.82, 2.24) is 10.2 Å². The molecule has 0 saturated heterocycles. The summed E-state index contributed by atoms with van der Waals surface area (Å²) in [4.78, 5) is 13.8. The molecule has 6 nitrogen and oxygen atoms in total. The molecule has 0 saturated carbocycles. The van der Waals surface area contributed by atoms with Crippen LogP contribution in [0.3, 0.4) is 0 Å². The highest BCUT2D eigenvalue weighted by molar-refractivity contribution is 5.90. The van der Waals surface area contributed by atoms with E-state index in [-0.39, 0.29) is 5.91 Å². The lowest BCUT2D eigenvalue weighted by atomic mass is 10.2. The van der Waals surface area contributed by atoms with Crippen molar-refractivity contribution in [3.63, 3.8) is 0 Å². The van der Waals surface area contributed by atoms with Gasteiger partial charge in [0.1, 0.15) is 0 Å². The van der Waals surface area contributed by atoms with Crippen LogP contribution in [0.1, 0.15) is 18.2 Å². The second-order valence-electron chi connectivity index (χ2n) is 4.70. The molecule has 106 valence electrons. The molecule has 6 heteroatoms. The average molecular weight is 274 g/mol. The van der Waals surface area contributed by atoms with E-state index in [1.54, 1.807) is 6.92 Å². The van der Waals surface area contributed by atoms with Crippen molar-refractivity contribution >= 4 is 17.3 Å². The number of carbonyl (C=O) groups excluding carboxylic acids is 1. The van der Waals surface area contributed by atoms with Gasteiger partial charge >= 0.3 is 0 Å². The van der Waals surface area contributed by atoms with Gasteiger partial charge in [0.25, 0.3) is 0 Å². The summed E-state index contributed by atoms with van der Waals surface area (Å²) >= 11 is 0. The summed E-state index contributed by atoms with van der Waals surface area (Å²) in [7, 11) is 3.94. The van der Waals surface area contributed by atoms with Crippen LogP contribution in [0.2, 0.25) is 0 Å². The van der Waals surface area contributed by atoms with Crippen molar-refractivity contribution in [1.29, 1.82) is 0 Å². The number of aromatic nitrogens is 2. The Balaban J connectivity index is 1.84. The first kappa shape index (κ1) is 14.0. The monoisotopic (exact) mass is 274 g/mol. The van der Waals surface area contributed by atoms with Crippen LogP contribution < -0.4 is 10.2 Å². The number of benzene rings is 1. The topological polar surface area (TPSA) is 71.3 Å². The summed E-state index contributed by atoms with van der Waals surface area (Å²) in [6.07, 6.45) is 0.763. The minimum Gasteiger partial charge on any atom is -0.426 e. The number of amides is 1. The van der Waals surface area contributed by atoms with E-state index in [0.717, 1.165) is 11.4 Å². The maximum Gasteiger partial charge on any atom is 0.224 e. The van der Waals surface area contributed by atoms with Gasteiger partial charge in [-0.05, 0) is 24.3 Å². The molecule has 2 aromatic rings. The number of nitrogens with zero attached hydrogens (tertiary/aromatic N) is 3. The molecule has 20 heavy (non-hydrogen) atoms. The fraction of sp³-hybridized carbons (Fsp3) is 0.357. The number of anilines is 2. The highest BCUT2D eigenvalue weighted by Crippen LogP contribution is 2.16. The lowest BCUT2D eigenvalue weighted by Crippen LogP contribution is -2.13. The second-order valence-corrected chi connectivity index (χ2v) is 4.70. The smallest absolute Gasteiger partial charge is 0.224 e. The molecule has 0 atom stereocenters. The van der Waals surface area contributed by atoms with Crippen LogP contribution in [0.4, 0.5) is 11.4 Å². The van der Waals surface area contributed by atoms with Crippen LogP contribution in [-0.2, 0) is 11.2 Å². The van der Waals surface area contributed by atoms with E-state index in [1.165, 1.54) is 0 Å². The molecule has 0 aliphatic carbocycles. The van der Waals surface area contributed by atoms with Gasteiger partial charge in [-0.2, -0.15) is 0 Å². The lowest BCUT2D eigenvalue weighted by molar-refractivity contribution is -0.116. The SMILES string of the molecule is Cc1nnc(CCC(=O)Nc2ccc(N(C)C)cc2)o1. The maximum atomic E-state index is 11.8. The van der Waals surface area contributed by atoms with Gasteiger partial charge in [0.2, 0.25) is 17.7 Å². The highest BCUT2D eigenvalue weighted by Gasteiger charge is 2.07. The molecule has 0 fully saturated rings. The molecule has 1 heterocycles. The molecule has 0 radical (unpaired) electrons. The van der Waals surface area contributed by atoms with Gasteiger partial charge in [0.05, 0.1) is 0 Å². The summed E-state index contributed by atoms with van der Waals surface area (Å²) in [6.45, 7) is 1.73. The van der Waals surface area contributed by atoms with E-state index in [9.17, 15) is 4.79 Å². The highest BCUT2D eigenvalue weighted by atomic mass is 16.4. The molecule has 2 rings (SSSR count). The third-order valence-corrected chi connectivity index (χ3v) is 2.80. The van der Waals surface area contributed by atoms with Gasteiger partial charge in [-0.25, -0.2) is 0 Å². The Hall–Kier alpha value is -2.37. The number of carbonyl (C=O) groups is 1. The second kappa shape index (κ2) is 6.18. The summed E-state index contributed by atoms with van der Waals surface area (Å²) < 4.78 is 5.22. The third kappa shape index (κ3) is 3.81. The zero-order valence-corrected chi connectivity index (χ0v) is 11.9. The summed E-state index contributed by atoms with van der Waals surface area (Å²) in [5, 5.41) is 10.4. The van der Waals surface area contributed by atoms with Gasteiger partial charge in [-0.1, -0.05) is 0 Å². The normalized spacial score (nSPS) is 10.3. The largest absolute Gasteiger partial charge is 0.426 e. The van der Waals surface area contributed by atoms with Gasteiger partial charge in [0, 0.05) is 45.2 Å². The molecule has 0 aliphatic rings. The summed E-state index contributed by atoms with van der Waals surface area (Å²) in [6, 6.07) is 7.67. The standard InChI is InChI=1S/C14H18N4O2/c1-10-16-17-14(20-10)9-8-13(19)15-11-4-6-12(7-5-11)18(2)3/h4-7H,8-9H2,1-3H3,(H,15,19). The Morgan fingerprint density at radius 1 is 1.25 bits per heavy atom. The summed E-state index contributed by atoms with van der Waals surface area (Å²) in [5.41, 5.74) is 1.87. The number of nitrogens with one attached hydrogen (secondary N) is 1. The molecule has 1 N–H and O–H groups in total. The van der Waals surface area contributed by atoms with Gasteiger partial charge < -0.3 is 14.6 Å². The van der Waals surface area contributed by atoms with E-state index in [1.807, 2.05) is 43.3 Å². The van der Waals surface area contributed by atoms with Crippen molar-refractivity contribution in [2.24, 2.45) is 0 Å². The first-order valence-electron chi connectivity index (χ1n) is 6.41. The van der Waals surface area contributed by atoms with Gasteiger partial charge in [-0.15, -0.1) is 10.2 Å². The zero-order chi connectivity index (χ0) is 14.5. The molecular formula is C14H18N4O2. The van der Waals surface area contributed by atoms with Crippen LogP contribution in [0.5, 0.6) is 0 Å². The maximum absolute atomic E-state index is 11.8. The van der Waals surface area contributed by atoms with Gasteiger partial charge in [0.15, 0.2) is 0 Å². The molecule has 0 bridgehead atoms. The van der Waals surface area contributed by atoms with Crippen molar-refractivity contribution in [3.05, 3.63) is 36.0 Å². The predicted octanol–water partition coefficient (Wildman–Crippen LogP) is 2.02. The number of aryl methyl sites for hydroxylation is 2. The predicted molar refractivity (Wildman–Crippen MR) is 76.8 cm³/mol. The number of hydrogen-bond acceptors (Lipinski definition) is 5. The van der Waals surface area contributed by atoms with Gasteiger partial charge in [-0.3, -0.25) is 4.79 Å². The van der Waals surface area contributed by atoms with E-state index in [4.69, 9.17) is 4.42 Å². The molecule has 1 aromatic carbocycles. The van der Waals surface area contributed by atoms with E-state index in [0.29, 0.717) is 24.6 Å². The van der Waals surface area contributed by atoms with Crippen molar-refractivity contribution in [2.45, 2.75) is 19.8 Å². The Bertz CT molecular complexity index is 575. The van der Waals surface area contributed by atoms with Crippen LogP contribution in [0.25, 0.3) is 0 Å². The zero-order valence-electron chi connectivity index (χ0n) is 11.9. The fourth-order valence-corrected chi connectivity index (χ4v) is 1.73. The Kier molecular flexibility index (Phi) is 4.34. The Morgan fingerprint density at radius 3 is 2.50 bits per heavy atom. The average Bonchev–Trinajstić information content (AvgIpc) is 2.83. The molecule has 0 unspecified atom stereocenters. The van der Waals surface area contributed by atoms with Crippen LogP contribution >= 0.6 is 0 Å². The van der Waals surface area contributed by atoms with E-state index < -0.39 is 0 Å². The number of rotatable bonds is 5. The van der Waals surface area contributed by atoms with Crippen LogP contribution in [-0.4, -0.2) is 30.2 Å². The minimum absolute atomic E-state index is 0.0709. The number of hydrogen-bond donors (Lipinski definition) is 1. The fourth-order valence-electron chi connectivity index (χ4n) is 1.73. The Labute approximate surface area is 117 Å². The molecule has 0 spiro atoms. The van der Waals surface area contributed by atoms with Crippen molar-refractivity contribution < 1.29 is 9.21 Å². The Morgan fingerprint density at radius 2 is 1.95 bits per heavy atom. The van der Waals surface area contributed by atoms with E-state index >= 15 is 0 Å². The van der Waals surface area contributed by atoms with Crippen LogP contribution in [0.15, 0.2) is 28.7 Å². The lowest BCUT2D eigenvalue weighted by Gasteiger charge is -2.12. The summed E-state index contributed by atoms with van der Waals surface area (Å²) in [5.74, 6) is 0.929. The first-order chi connectivity index (χ1) is 9.54. The van der Waals surface area contributed by atoms with Crippen molar-refractivity contribution in [3.8, 4) is 0 Å². The minimum atomic E-state index is -0.0709.